The zero-order valence-corrected chi connectivity index (χ0v) is 10.8. The molecule has 0 aromatic carbocycles. The summed E-state index contributed by atoms with van der Waals surface area (Å²) in [4.78, 5) is 26.7. The molecule has 0 bridgehead atoms. The van der Waals surface area contributed by atoms with Gasteiger partial charge in [-0.05, 0) is 12.8 Å². The van der Waals surface area contributed by atoms with E-state index in [-0.39, 0.29) is 18.1 Å². The lowest BCUT2D eigenvalue weighted by Crippen LogP contribution is -2.50. The van der Waals surface area contributed by atoms with E-state index >= 15 is 0 Å². The first-order chi connectivity index (χ1) is 8.49. The summed E-state index contributed by atoms with van der Waals surface area (Å²) < 4.78 is 5.39. The van der Waals surface area contributed by atoms with Crippen molar-refractivity contribution in [1.82, 2.24) is 9.80 Å². The highest BCUT2D eigenvalue weighted by atomic mass is 16.5. The molecule has 2 rings (SSSR count). The van der Waals surface area contributed by atoms with Gasteiger partial charge in [0, 0.05) is 26.2 Å². The fourth-order valence-electron chi connectivity index (χ4n) is 2.64. The zero-order chi connectivity index (χ0) is 13.3. The lowest BCUT2D eigenvalue weighted by Gasteiger charge is -2.34. The molecule has 0 aromatic heterocycles. The van der Waals surface area contributed by atoms with E-state index in [1.165, 1.54) is 0 Å². The fraction of sp³-hybridized carbons (Fsp3) is 0.833. The molecule has 0 aromatic rings. The second-order valence-corrected chi connectivity index (χ2v) is 5.24. The number of carboxylic acids is 1. The topological polar surface area (TPSA) is 70.1 Å². The van der Waals surface area contributed by atoms with Crippen molar-refractivity contribution in [2.24, 2.45) is 11.8 Å². The molecule has 18 heavy (non-hydrogen) atoms. The van der Waals surface area contributed by atoms with Crippen LogP contribution in [0.15, 0.2) is 0 Å². The molecule has 2 aliphatic rings. The maximum Gasteiger partial charge on any atom is 0.320 e. The number of amides is 2. The number of likely N-dealkylation sites (tertiary alicyclic amines) is 1. The number of hydrogen-bond acceptors (Lipinski definition) is 3. The fourth-order valence-corrected chi connectivity index (χ4v) is 2.64. The number of rotatable bonds is 1. The number of carbonyl (C=O) groups excluding carboxylic acids is 1. The molecule has 2 heterocycles. The maximum atomic E-state index is 12.3. The third-order valence-corrected chi connectivity index (χ3v) is 3.71. The van der Waals surface area contributed by atoms with Gasteiger partial charge in [-0.1, -0.05) is 6.92 Å². The Morgan fingerprint density at radius 1 is 1.17 bits per heavy atom. The number of hydrogen-bond donors (Lipinski definition) is 1. The van der Waals surface area contributed by atoms with Crippen molar-refractivity contribution in [3.05, 3.63) is 0 Å². The molecule has 2 aliphatic heterocycles. The average molecular weight is 256 g/mol. The van der Waals surface area contributed by atoms with Crippen LogP contribution < -0.4 is 0 Å². The molecule has 2 saturated heterocycles. The van der Waals surface area contributed by atoms with E-state index in [1.54, 1.807) is 9.80 Å². The molecule has 1 N–H and O–H groups in total. The summed E-state index contributed by atoms with van der Waals surface area (Å²) in [5.74, 6) is -1.23. The summed E-state index contributed by atoms with van der Waals surface area (Å²) in [7, 11) is 0. The van der Waals surface area contributed by atoms with Crippen molar-refractivity contribution in [1.29, 1.82) is 0 Å². The minimum absolute atomic E-state index is 0.0184. The Kier molecular flexibility index (Phi) is 3.75. The van der Waals surface area contributed by atoms with Crippen LogP contribution in [-0.2, 0) is 9.53 Å². The van der Waals surface area contributed by atoms with Crippen LogP contribution in [0.5, 0.6) is 0 Å². The molecule has 0 aliphatic carbocycles. The summed E-state index contributed by atoms with van der Waals surface area (Å²) >= 11 is 0. The SMILES string of the molecule is CC1CN(C(=O)N2CC(C)C(C(=O)O)C2)CCO1. The molecule has 102 valence electrons. The van der Waals surface area contributed by atoms with Gasteiger partial charge < -0.3 is 19.6 Å². The van der Waals surface area contributed by atoms with E-state index in [0.29, 0.717) is 32.8 Å². The van der Waals surface area contributed by atoms with Gasteiger partial charge in [0.1, 0.15) is 0 Å². The predicted molar refractivity (Wildman–Crippen MR) is 64.2 cm³/mol. The molecule has 3 atom stereocenters. The first-order valence-corrected chi connectivity index (χ1v) is 6.37. The van der Waals surface area contributed by atoms with Gasteiger partial charge in [0.05, 0.1) is 18.6 Å². The van der Waals surface area contributed by atoms with Crippen LogP contribution in [0.1, 0.15) is 13.8 Å². The highest BCUT2D eigenvalue weighted by Crippen LogP contribution is 2.24. The van der Waals surface area contributed by atoms with Gasteiger partial charge in [-0.15, -0.1) is 0 Å². The first kappa shape index (κ1) is 13.1. The molecule has 0 saturated carbocycles. The molecule has 6 heteroatoms. The van der Waals surface area contributed by atoms with Crippen molar-refractivity contribution in [2.45, 2.75) is 20.0 Å². The van der Waals surface area contributed by atoms with Gasteiger partial charge in [0.2, 0.25) is 0 Å². The lowest BCUT2D eigenvalue weighted by molar-refractivity contribution is -0.142. The van der Waals surface area contributed by atoms with Crippen molar-refractivity contribution >= 4 is 12.0 Å². The number of nitrogens with zero attached hydrogens (tertiary/aromatic N) is 2. The highest BCUT2D eigenvalue weighted by Gasteiger charge is 2.38. The van der Waals surface area contributed by atoms with E-state index in [1.807, 2.05) is 13.8 Å². The van der Waals surface area contributed by atoms with Crippen LogP contribution in [-0.4, -0.2) is 65.8 Å². The smallest absolute Gasteiger partial charge is 0.320 e. The third kappa shape index (κ3) is 2.58. The van der Waals surface area contributed by atoms with Crippen LogP contribution >= 0.6 is 0 Å². The summed E-state index contributed by atoms with van der Waals surface area (Å²) in [6, 6.07) is -0.0549. The minimum atomic E-state index is -0.812. The quantitative estimate of drug-likeness (QED) is 0.741. The number of ether oxygens (including phenoxy) is 1. The normalized spacial score (nSPS) is 32.7. The standard InChI is InChI=1S/C12H20N2O4/c1-8-5-14(7-10(8)11(15)16)12(17)13-3-4-18-9(2)6-13/h8-10H,3-7H2,1-2H3,(H,15,16). The summed E-state index contributed by atoms with van der Waals surface area (Å²) in [6.07, 6.45) is 0.0537. The molecule has 2 fully saturated rings. The van der Waals surface area contributed by atoms with Crippen LogP contribution in [0.25, 0.3) is 0 Å². The van der Waals surface area contributed by atoms with Crippen molar-refractivity contribution in [3.63, 3.8) is 0 Å². The number of aliphatic carboxylic acids is 1. The van der Waals surface area contributed by atoms with Crippen molar-refractivity contribution < 1.29 is 19.4 Å². The number of morpholine rings is 1. The minimum Gasteiger partial charge on any atom is -0.481 e. The Bertz CT molecular complexity index is 347. The summed E-state index contributed by atoms with van der Waals surface area (Å²) in [5, 5.41) is 9.06. The Morgan fingerprint density at radius 3 is 2.44 bits per heavy atom. The summed E-state index contributed by atoms with van der Waals surface area (Å²) in [6.45, 7) is 6.40. The molecular weight excluding hydrogens is 236 g/mol. The molecule has 6 nitrogen and oxygen atoms in total. The second kappa shape index (κ2) is 5.14. The Morgan fingerprint density at radius 2 is 1.89 bits per heavy atom. The number of carbonyl (C=O) groups is 2. The number of carboxylic acid groups (broad SMARTS) is 1. The summed E-state index contributed by atoms with van der Waals surface area (Å²) in [5.41, 5.74) is 0. The van der Waals surface area contributed by atoms with E-state index in [9.17, 15) is 9.59 Å². The number of urea groups is 1. The van der Waals surface area contributed by atoms with Crippen LogP contribution in [0.2, 0.25) is 0 Å². The highest BCUT2D eigenvalue weighted by molar-refractivity contribution is 5.77. The maximum absolute atomic E-state index is 12.3. The van der Waals surface area contributed by atoms with Gasteiger partial charge in [-0.3, -0.25) is 4.79 Å². The largest absolute Gasteiger partial charge is 0.481 e. The Labute approximate surface area is 106 Å². The second-order valence-electron chi connectivity index (χ2n) is 5.24. The van der Waals surface area contributed by atoms with Gasteiger partial charge in [0.15, 0.2) is 0 Å². The lowest BCUT2D eigenvalue weighted by atomic mass is 9.99. The van der Waals surface area contributed by atoms with Gasteiger partial charge in [-0.25, -0.2) is 4.79 Å². The Balaban J connectivity index is 1.96. The molecule has 0 spiro atoms. The predicted octanol–water partition coefficient (Wildman–Crippen LogP) is 0.480. The monoisotopic (exact) mass is 256 g/mol. The van der Waals surface area contributed by atoms with Crippen molar-refractivity contribution in [2.75, 3.05) is 32.8 Å². The molecule has 0 radical (unpaired) electrons. The average Bonchev–Trinajstić information content (AvgIpc) is 2.70. The molecular formula is C12H20N2O4. The zero-order valence-electron chi connectivity index (χ0n) is 10.8. The van der Waals surface area contributed by atoms with Crippen LogP contribution in [0.4, 0.5) is 4.79 Å². The van der Waals surface area contributed by atoms with E-state index in [2.05, 4.69) is 0 Å². The van der Waals surface area contributed by atoms with E-state index in [4.69, 9.17) is 9.84 Å². The van der Waals surface area contributed by atoms with E-state index in [0.717, 1.165) is 0 Å². The van der Waals surface area contributed by atoms with Crippen LogP contribution in [0, 0.1) is 11.8 Å². The first-order valence-electron chi connectivity index (χ1n) is 6.37. The van der Waals surface area contributed by atoms with Gasteiger partial charge in [-0.2, -0.15) is 0 Å². The van der Waals surface area contributed by atoms with Gasteiger partial charge in [0.25, 0.3) is 0 Å². The van der Waals surface area contributed by atoms with Crippen LogP contribution in [0.3, 0.4) is 0 Å². The Hall–Kier alpha value is -1.30. The molecule has 3 unspecified atom stereocenters. The van der Waals surface area contributed by atoms with E-state index < -0.39 is 11.9 Å². The van der Waals surface area contributed by atoms with Gasteiger partial charge >= 0.3 is 12.0 Å². The van der Waals surface area contributed by atoms with Crippen molar-refractivity contribution in [3.8, 4) is 0 Å². The third-order valence-electron chi connectivity index (χ3n) is 3.71. The molecule has 2 amide bonds.